The van der Waals surface area contributed by atoms with Crippen LogP contribution >= 0.6 is 23.2 Å². The van der Waals surface area contributed by atoms with Gasteiger partial charge in [0, 0.05) is 6.04 Å². The van der Waals surface area contributed by atoms with Gasteiger partial charge in [-0.25, -0.2) is 8.42 Å². The quantitative estimate of drug-likeness (QED) is 0.834. The summed E-state index contributed by atoms with van der Waals surface area (Å²) < 4.78 is 24.9. The van der Waals surface area contributed by atoms with Crippen molar-refractivity contribution in [2.24, 2.45) is 0 Å². The molecule has 0 spiro atoms. The Morgan fingerprint density at radius 1 is 1.21 bits per heavy atom. The number of sulfone groups is 1. The third kappa shape index (κ3) is 4.63. The van der Waals surface area contributed by atoms with Gasteiger partial charge in [0.25, 0.3) is 0 Å². The molecule has 0 saturated heterocycles. The normalized spacial score (nSPS) is 13.5. The second kappa shape index (κ2) is 7.48. The highest BCUT2D eigenvalue weighted by atomic mass is 35.5. The Morgan fingerprint density at radius 2 is 1.79 bits per heavy atom. The fourth-order valence-corrected chi connectivity index (χ4v) is 4.82. The van der Waals surface area contributed by atoms with Gasteiger partial charge in [-0.2, -0.15) is 0 Å². The van der Waals surface area contributed by atoms with Gasteiger partial charge in [0.2, 0.25) is 0 Å². The minimum absolute atomic E-state index is 0.0120. The van der Waals surface area contributed by atoms with Crippen molar-refractivity contribution in [3.63, 3.8) is 0 Å². The maximum absolute atomic E-state index is 12.4. The molecule has 108 valence electrons. The van der Waals surface area contributed by atoms with Gasteiger partial charge in [0.1, 0.15) is 4.90 Å². The largest absolute Gasteiger partial charge is 0.313 e. The lowest BCUT2D eigenvalue weighted by atomic mass is 10.2. The number of nitrogens with one attached hydrogen (secondary N) is 1. The third-order valence-corrected chi connectivity index (χ3v) is 5.54. The van der Waals surface area contributed by atoms with Crippen molar-refractivity contribution in [3.8, 4) is 0 Å². The first-order valence-corrected chi connectivity index (χ1v) is 8.73. The number of benzene rings is 1. The van der Waals surface area contributed by atoms with E-state index in [-0.39, 0.29) is 26.7 Å². The second-order valence-corrected chi connectivity index (χ2v) is 7.16. The molecule has 19 heavy (non-hydrogen) atoms. The van der Waals surface area contributed by atoms with Gasteiger partial charge in [-0.3, -0.25) is 0 Å². The number of halogens is 2. The Morgan fingerprint density at radius 3 is 2.26 bits per heavy atom. The maximum Gasteiger partial charge on any atom is 0.182 e. The van der Waals surface area contributed by atoms with Crippen LogP contribution in [0.15, 0.2) is 23.1 Å². The molecule has 0 aliphatic carbocycles. The molecule has 3 nitrogen and oxygen atoms in total. The lowest BCUT2D eigenvalue weighted by molar-refractivity contribution is 0.513. The molecule has 1 unspecified atom stereocenters. The van der Waals surface area contributed by atoms with Gasteiger partial charge in [-0.1, -0.05) is 49.5 Å². The summed E-state index contributed by atoms with van der Waals surface area (Å²) in [6.07, 6.45) is 1.72. The lowest BCUT2D eigenvalue weighted by Gasteiger charge is -2.18. The van der Waals surface area contributed by atoms with Crippen LogP contribution in [0.4, 0.5) is 0 Å². The van der Waals surface area contributed by atoms with Crippen LogP contribution in [-0.2, 0) is 9.84 Å². The van der Waals surface area contributed by atoms with Crippen molar-refractivity contribution in [1.82, 2.24) is 5.32 Å². The van der Waals surface area contributed by atoms with Crippen molar-refractivity contribution in [3.05, 3.63) is 28.2 Å². The average molecular weight is 324 g/mol. The van der Waals surface area contributed by atoms with Crippen LogP contribution in [0, 0.1) is 0 Å². The summed E-state index contributed by atoms with van der Waals surface area (Å²) in [4.78, 5) is 0.0392. The first kappa shape index (κ1) is 16.8. The van der Waals surface area contributed by atoms with E-state index in [1.807, 2.05) is 13.8 Å². The molecule has 0 aromatic heterocycles. The second-order valence-electron chi connectivity index (χ2n) is 4.38. The molecule has 1 aromatic carbocycles. The topological polar surface area (TPSA) is 46.2 Å². The number of hydrogen-bond donors (Lipinski definition) is 1. The summed E-state index contributed by atoms with van der Waals surface area (Å²) in [5.74, 6) is 0.0120. The van der Waals surface area contributed by atoms with E-state index in [1.165, 1.54) is 0 Å². The van der Waals surface area contributed by atoms with E-state index in [4.69, 9.17) is 23.2 Å². The first-order chi connectivity index (χ1) is 8.92. The highest BCUT2D eigenvalue weighted by Crippen LogP contribution is 2.30. The molecule has 0 heterocycles. The third-order valence-electron chi connectivity index (χ3n) is 2.78. The van der Waals surface area contributed by atoms with Crippen LogP contribution in [0.25, 0.3) is 0 Å². The summed E-state index contributed by atoms with van der Waals surface area (Å²) in [6.45, 7) is 4.72. The summed E-state index contributed by atoms with van der Waals surface area (Å²) in [7, 11) is -3.49. The molecule has 6 heteroatoms. The molecule has 0 amide bonds. The molecule has 0 aliphatic heterocycles. The monoisotopic (exact) mass is 323 g/mol. The van der Waals surface area contributed by atoms with Crippen LogP contribution < -0.4 is 5.32 Å². The van der Waals surface area contributed by atoms with Crippen molar-refractivity contribution in [2.75, 3.05) is 12.3 Å². The molecule has 1 aromatic rings. The van der Waals surface area contributed by atoms with Gasteiger partial charge >= 0.3 is 0 Å². The first-order valence-electron chi connectivity index (χ1n) is 6.32. The maximum atomic E-state index is 12.4. The van der Waals surface area contributed by atoms with Crippen LogP contribution in [0.5, 0.6) is 0 Å². The minimum Gasteiger partial charge on any atom is -0.313 e. The average Bonchev–Trinajstić information content (AvgIpc) is 2.28. The molecule has 0 aliphatic rings. The van der Waals surface area contributed by atoms with E-state index in [0.29, 0.717) is 0 Å². The molecular formula is C13H19Cl2NO2S. The predicted molar refractivity (Wildman–Crippen MR) is 80.9 cm³/mol. The zero-order chi connectivity index (χ0) is 14.5. The Kier molecular flexibility index (Phi) is 6.60. The van der Waals surface area contributed by atoms with Crippen LogP contribution in [0.1, 0.15) is 26.7 Å². The van der Waals surface area contributed by atoms with E-state index < -0.39 is 9.84 Å². The molecular weight excluding hydrogens is 305 g/mol. The zero-order valence-corrected chi connectivity index (χ0v) is 13.4. The van der Waals surface area contributed by atoms with Gasteiger partial charge in [0.05, 0.1) is 15.8 Å². The Bertz CT molecular complexity index is 491. The standard InChI is InChI=1S/C13H19Cl2NO2S/c1-3-6-10(16-4-2)9-19(17,18)13-11(14)7-5-8-12(13)15/h5,7-8,10,16H,3-4,6,9H2,1-2H3. The van der Waals surface area contributed by atoms with E-state index in [2.05, 4.69) is 5.32 Å². The van der Waals surface area contributed by atoms with Crippen molar-refractivity contribution in [2.45, 2.75) is 37.6 Å². The SMILES string of the molecule is CCCC(CS(=O)(=O)c1c(Cl)cccc1Cl)NCC. The van der Waals surface area contributed by atoms with E-state index in [0.717, 1.165) is 19.4 Å². The van der Waals surface area contributed by atoms with Crippen LogP contribution in [0.2, 0.25) is 10.0 Å². The van der Waals surface area contributed by atoms with Gasteiger partial charge in [0.15, 0.2) is 9.84 Å². The molecule has 0 radical (unpaired) electrons. The lowest BCUT2D eigenvalue weighted by Crippen LogP contribution is -2.35. The van der Waals surface area contributed by atoms with E-state index in [9.17, 15) is 8.42 Å². The van der Waals surface area contributed by atoms with Crippen molar-refractivity contribution in [1.29, 1.82) is 0 Å². The molecule has 0 saturated carbocycles. The Labute approximate surface area is 125 Å². The Hall–Kier alpha value is -0.290. The fourth-order valence-electron chi connectivity index (χ4n) is 2.01. The summed E-state index contributed by atoms with van der Waals surface area (Å²) in [6, 6.07) is 4.65. The van der Waals surface area contributed by atoms with E-state index in [1.54, 1.807) is 18.2 Å². The minimum atomic E-state index is -3.49. The predicted octanol–water partition coefficient (Wildman–Crippen LogP) is 3.55. The van der Waals surface area contributed by atoms with Crippen molar-refractivity contribution >= 4 is 33.0 Å². The van der Waals surface area contributed by atoms with Gasteiger partial charge in [-0.05, 0) is 25.1 Å². The number of hydrogen-bond acceptors (Lipinski definition) is 3. The highest BCUT2D eigenvalue weighted by molar-refractivity contribution is 7.91. The molecule has 1 atom stereocenters. The summed E-state index contributed by atoms with van der Waals surface area (Å²) in [5, 5.41) is 3.54. The summed E-state index contributed by atoms with van der Waals surface area (Å²) in [5.41, 5.74) is 0. The van der Waals surface area contributed by atoms with Gasteiger partial charge < -0.3 is 5.32 Å². The highest BCUT2D eigenvalue weighted by Gasteiger charge is 2.25. The van der Waals surface area contributed by atoms with Crippen LogP contribution in [-0.4, -0.2) is 26.8 Å². The van der Waals surface area contributed by atoms with Gasteiger partial charge in [-0.15, -0.1) is 0 Å². The zero-order valence-electron chi connectivity index (χ0n) is 11.1. The summed E-state index contributed by atoms with van der Waals surface area (Å²) >= 11 is 11.9. The smallest absolute Gasteiger partial charge is 0.182 e. The Balaban J connectivity index is 3.03. The molecule has 1 N–H and O–H groups in total. The van der Waals surface area contributed by atoms with Crippen LogP contribution in [0.3, 0.4) is 0 Å². The molecule has 1 rings (SSSR count). The molecule has 0 fully saturated rings. The fraction of sp³-hybridized carbons (Fsp3) is 0.538. The number of rotatable bonds is 7. The van der Waals surface area contributed by atoms with Crippen molar-refractivity contribution < 1.29 is 8.42 Å². The van der Waals surface area contributed by atoms with E-state index >= 15 is 0 Å². The molecule has 0 bridgehead atoms.